The minimum atomic E-state index is -0.458. The Morgan fingerprint density at radius 3 is 2.50 bits per heavy atom. The molecule has 2 rings (SSSR count). The van der Waals surface area contributed by atoms with Gasteiger partial charge in [0, 0.05) is 24.8 Å². The van der Waals surface area contributed by atoms with Gasteiger partial charge in [-0.25, -0.2) is 0 Å². The molecule has 2 aromatic rings. The Morgan fingerprint density at radius 2 is 1.85 bits per heavy atom. The number of nitrogens with zero attached hydrogens (tertiary/aromatic N) is 3. The van der Waals surface area contributed by atoms with Crippen molar-refractivity contribution in [1.82, 2.24) is 9.88 Å². The molecule has 0 saturated heterocycles. The van der Waals surface area contributed by atoms with Gasteiger partial charge in [-0.3, -0.25) is 14.6 Å². The molecule has 0 saturated carbocycles. The van der Waals surface area contributed by atoms with Crippen LogP contribution in [-0.4, -0.2) is 34.8 Å². The minimum absolute atomic E-state index is 0.109. The van der Waals surface area contributed by atoms with Gasteiger partial charge in [-0.1, -0.05) is 26.0 Å². The topological polar surface area (TPSA) is 86.1 Å². The Labute approximate surface area is 153 Å². The third kappa shape index (κ3) is 4.67. The zero-order valence-electron chi connectivity index (χ0n) is 15.0. The summed E-state index contributed by atoms with van der Waals surface area (Å²) in [5.74, 6) is -0.567. The first-order chi connectivity index (χ1) is 12.6. The summed E-state index contributed by atoms with van der Waals surface area (Å²) in [4.78, 5) is 31.0. The van der Waals surface area contributed by atoms with Crippen LogP contribution in [0.5, 0.6) is 0 Å². The van der Waals surface area contributed by atoms with Crippen LogP contribution in [0.25, 0.3) is 0 Å². The van der Waals surface area contributed by atoms with E-state index >= 15 is 0 Å². The van der Waals surface area contributed by atoms with E-state index in [-0.39, 0.29) is 11.6 Å². The van der Waals surface area contributed by atoms with Crippen LogP contribution in [0.4, 0.5) is 5.69 Å². The van der Waals surface area contributed by atoms with Crippen LogP contribution in [0.15, 0.2) is 42.6 Å². The second-order valence-electron chi connectivity index (χ2n) is 5.83. The molecule has 1 aromatic carbocycles. The first-order valence-corrected chi connectivity index (χ1v) is 8.66. The molecule has 0 bridgehead atoms. The summed E-state index contributed by atoms with van der Waals surface area (Å²) >= 11 is 0. The van der Waals surface area contributed by atoms with Gasteiger partial charge in [0.2, 0.25) is 0 Å². The number of amides is 2. The average Bonchev–Trinajstić information content (AvgIpc) is 2.67. The van der Waals surface area contributed by atoms with Gasteiger partial charge >= 0.3 is 0 Å². The van der Waals surface area contributed by atoms with E-state index in [1.54, 1.807) is 35.2 Å². The van der Waals surface area contributed by atoms with Crippen molar-refractivity contribution in [2.45, 2.75) is 26.7 Å². The monoisotopic (exact) mass is 350 g/mol. The van der Waals surface area contributed by atoms with Gasteiger partial charge in [0.05, 0.1) is 11.3 Å². The Balaban J connectivity index is 2.21. The number of hydrogen-bond donors (Lipinski definition) is 1. The molecule has 0 atom stereocenters. The Kier molecular flexibility index (Phi) is 6.86. The molecule has 2 amide bonds. The van der Waals surface area contributed by atoms with Crippen molar-refractivity contribution in [3.8, 4) is 6.07 Å². The lowest BCUT2D eigenvalue weighted by molar-refractivity contribution is 0.0755. The summed E-state index contributed by atoms with van der Waals surface area (Å²) in [5.41, 5.74) is 1.35. The first kappa shape index (κ1) is 19.1. The lowest BCUT2D eigenvalue weighted by Gasteiger charge is -2.21. The number of benzene rings is 1. The number of carbonyl (C=O) groups excluding carboxylic acids is 2. The fourth-order valence-electron chi connectivity index (χ4n) is 2.60. The van der Waals surface area contributed by atoms with E-state index in [1.165, 1.54) is 12.3 Å². The third-order valence-corrected chi connectivity index (χ3v) is 3.81. The van der Waals surface area contributed by atoms with Crippen LogP contribution in [0.3, 0.4) is 0 Å². The van der Waals surface area contributed by atoms with E-state index < -0.39 is 5.91 Å². The van der Waals surface area contributed by atoms with E-state index in [1.807, 2.05) is 19.9 Å². The standard InChI is InChI=1S/C20H22N4O2/c1-3-11-24(12-4-2)20(26)15-9-10-22-18(13-15)19(25)23-17-8-6-5-7-16(17)14-21/h5-10,13H,3-4,11-12H2,1-2H3,(H,23,25). The van der Waals surface area contributed by atoms with Gasteiger partial charge in [0.25, 0.3) is 11.8 Å². The van der Waals surface area contributed by atoms with Crippen LogP contribution in [-0.2, 0) is 0 Å². The lowest BCUT2D eigenvalue weighted by Crippen LogP contribution is -2.32. The largest absolute Gasteiger partial charge is 0.339 e. The molecule has 6 heteroatoms. The van der Waals surface area contributed by atoms with E-state index in [2.05, 4.69) is 10.3 Å². The molecule has 0 aliphatic heterocycles. The number of carbonyl (C=O) groups is 2. The van der Waals surface area contributed by atoms with Crippen molar-refractivity contribution in [3.05, 3.63) is 59.4 Å². The smallest absolute Gasteiger partial charge is 0.274 e. The lowest BCUT2D eigenvalue weighted by atomic mass is 10.1. The van der Waals surface area contributed by atoms with Gasteiger partial charge < -0.3 is 10.2 Å². The summed E-state index contributed by atoms with van der Waals surface area (Å²) in [7, 11) is 0. The molecule has 134 valence electrons. The predicted octanol–water partition coefficient (Wildman–Crippen LogP) is 3.47. The second-order valence-corrected chi connectivity index (χ2v) is 5.83. The minimum Gasteiger partial charge on any atom is -0.339 e. The number of nitrogens with one attached hydrogen (secondary N) is 1. The fraction of sp³-hybridized carbons (Fsp3) is 0.300. The highest BCUT2D eigenvalue weighted by molar-refractivity contribution is 6.05. The Morgan fingerprint density at radius 1 is 1.15 bits per heavy atom. The van der Waals surface area contributed by atoms with E-state index in [4.69, 9.17) is 5.26 Å². The highest BCUT2D eigenvalue weighted by Gasteiger charge is 2.17. The maximum absolute atomic E-state index is 12.7. The molecule has 0 aliphatic rings. The van der Waals surface area contributed by atoms with Gasteiger partial charge in [0.15, 0.2) is 0 Å². The average molecular weight is 350 g/mol. The summed E-state index contributed by atoms with van der Waals surface area (Å²) in [6.07, 6.45) is 3.19. The maximum atomic E-state index is 12.7. The number of nitriles is 1. The van der Waals surface area contributed by atoms with Crippen molar-refractivity contribution in [3.63, 3.8) is 0 Å². The number of anilines is 1. The van der Waals surface area contributed by atoms with E-state index in [9.17, 15) is 9.59 Å². The number of aromatic nitrogens is 1. The van der Waals surface area contributed by atoms with E-state index in [0.29, 0.717) is 29.9 Å². The first-order valence-electron chi connectivity index (χ1n) is 8.66. The molecule has 0 radical (unpaired) electrons. The number of para-hydroxylation sites is 1. The van der Waals surface area contributed by atoms with Gasteiger partial charge in [-0.2, -0.15) is 5.26 Å². The molecule has 1 aromatic heterocycles. The molecular formula is C20H22N4O2. The summed E-state index contributed by atoms with van der Waals surface area (Å²) in [5, 5.41) is 11.8. The van der Waals surface area contributed by atoms with Gasteiger partial charge in [-0.05, 0) is 37.1 Å². The predicted molar refractivity (Wildman–Crippen MR) is 99.8 cm³/mol. The summed E-state index contributed by atoms with van der Waals surface area (Å²) in [6.45, 7) is 5.39. The SMILES string of the molecule is CCCN(CCC)C(=O)c1ccnc(C(=O)Nc2ccccc2C#N)c1. The molecule has 1 heterocycles. The molecular weight excluding hydrogens is 328 g/mol. The number of pyridine rings is 1. The number of hydrogen-bond acceptors (Lipinski definition) is 4. The van der Waals surface area contributed by atoms with Crippen molar-refractivity contribution in [2.24, 2.45) is 0 Å². The Hall–Kier alpha value is -3.20. The molecule has 0 fully saturated rings. The molecule has 1 N–H and O–H groups in total. The molecule has 6 nitrogen and oxygen atoms in total. The number of rotatable bonds is 7. The van der Waals surface area contributed by atoms with Crippen LogP contribution in [0.2, 0.25) is 0 Å². The van der Waals surface area contributed by atoms with E-state index in [0.717, 1.165) is 12.8 Å². The highest BCUT2D eigenvalue weighted by atomic mass is 16.2. The van der Waals surface area contributed by atoms with Crippen LogP contribution in [0, 0.1) is 11.3 Å². The van der Waals surface area contributed by atoms with Crippen LogP contribution in [0.1, 0.15) is 53.1 Å². The van der Waals surface area contributed by atoms with Crippen molar-refractivity contribution >= 4 is 17.5 Å². The third-order valence-electron chi connectivity index (χ3n) is 3.81. The van der Waals surface area contributed by atoms with Gasteiger partial charge in [0.1, 0.15) is 11.8 Å². The zero-order chi connectivity index (χ0) is 18.9. The van der Waals surface area contributed by atoms with Crippen LogP contribution < -0.4 is 5.32 Å². The van der Waals surface area contributed by atoms with Crippen molar-refractivity contribution < 1.29 is 9.59 Å². The molecule has 26 heavy (non-hydrogen) atoms. The molecule has 0 unspecified atom stereocenters. The Bertz CT molecular complexity index is 821. The second kappa shape index (κ2) is 9.33. The summed E-state index contributed by atoms with van der Waals surface area (Å²) in [6, 6.07) is 11.9. The summed E-state index contributed by atoms with van der Waals surface area (Å²) < 4.78 is 0. The highest BCUT2D eigenvalue weighted by Crippen LogP contribution is 2.15. The molecule has 0 spiro atoms. The maximum Gasteiger partial charge on any atom is 0.274 e. The zero-order valence-corrected chi connectivity index (χ0v) is 15.0. The van der Waals surface area contributed by atoms with Gasteiger partial charge in [-0.15, -0.1) is 0 Å². The fourth-order valence-corrected chi connectivity index (χ4v) is 2.60. The molecule has 0 aliphatic carbocycles. The quantitative estimate of drug-likeness (QED) is 0.828. The van der Waals surface area contributed by atoms with Crippen LogP contribution >= 0.6 is 0 Å². The van der Waals surface area contributed by atoms with Crippen molar-refractivity contribution in [2.75, 3.05) is 18.4 Å². The van der Waals surface area contributed by atoms with Crippen molar-refractivity contribution in [1.29, 1.82) is 5.26 Å². The normalized spacial score (nSPS) is 10.0.